The van der Waals surface area contributed by atoms with Crippen LogP contribution in [-0.4, -0.2) is 70.6 Å². The molecule has 2 bridgehead atoms. The van der Waals surface area contributed by atoms with Crippen LogP contribution in [0.5, 0.6) is 0 Å². The van der Waals surface area contributed by atoms with E-state index >= 15 is 0 Å². The fraction of sp³-hybridized carbons (Fsp3) is 0.542. The number of ether oxygens (including phenoxy) is 1. The SMILES string of the molecule is CN(C)C(=O)c1nc(-c2ccccc2)n2c1C[C@@H]1CC[C@H](C2)N1C(=O)C1CCOCC1. The summed E-state index contributed by atoms with van der Waals surface area (Å²) >= 11 is 0. The molecule has 164 valence electrons. The van der Waals surface area contributed by atoms with E-state index in [4.69, 9.17) is 9.72 Å². The summed E-state index contributed by atoms with van der Waals surface area (Å²) in [6.45, 7) is 2.03. The zero-order valence-corrected chi connectivity index (χ0v) is 18.3. The molecular weight excluding hydrogens is 392 g/mol. The summed E-state index contributed by atoms with van der Waals surface area (Å²) in [7, 11) is 3.53. The Morgan fingerprint density at radius 3 is 2.45 bits per heavy atom. The van der Waals surface area contributed by atoms with E-state index in [1.54, 1.807) is 19.0 Å². The third kappa shape index (κ3) is 3.55. The van der Waals surface area contributed by atoms with E-state index in [1.165, 1.54) is 0 Å². The molecule has 2 aromatic rings. The summed E-state index contributed by atoms with van der Waals surface area (Å²) in [6, 6.07) is 10.3. The van der Waals surface area contributed by atoms with E-state index in [2.05, 4.69) is 9.47 Å². The van der Waals surface area contributed by atoms with Crippen LogP contribution in [0, 0.1) is 5.92 Å². The van der Waals surface area contributed by atoms with Gasteiger partial charge in [-0.05, 0) is 25.7 Å². The van der Waals surface area contributed by atoms with Crippen LogP contribution >= 0.6 is 0 Å². The summed E-state index contributed by atoms with van der Waals surface area (Å²) < 4.78 is 7.68. The van der Waals surface area contributed by atoms with Crippen molar-refractivity contribution in [1.29, 1.82) is 0 Å². The Morgan fingerprint density at radius 2 is 1.74 bits per heavy atom. The van der Waals surface area contributed by atoms with Gasteiger partial charge in [0.25, 0.3) is 5.91 Å². The Labute approximate surface area is 183 Å². The molecule has 0 aliphatic carbocycles. The van der Waals surface area contributed by atoms with E-state index in [9.17, 15) is 9.59 Å². The Bertz CT molecular complexity index is 978. The highest BCUT2D eigenvalue weighted by molar-refractivity contribution is 5.94. The highest BCUT2D eigenvalue weighted by Crippen LogP contribution is 2.37. The number of rotatable bonds is 3. The van der Waals surface area contributed by atoms with E-state index in [0.29, 0.717) is 31.9 Å². The topological polar surface area (TPSA) is 67.7 Å². The number of carbonyl (C=O) groups excluding carboxylic acids is 2. The third-order valence-electron chi connectivity index (χ3n) is 6.98. The van der Waals surface area contributed by atoms with Gasteiger partial charge in [-0.15, -0.1) is 0 Å². The lowest BCUT2D eigenvalue weighted by Crippen LogP contribution is -2.46. The van der Waals surface area contributed by atoms with Gasteiger partial charge in [0.1, 0.15) is 11.5 Å². The average molecular weight is 423 g/mol. The molecule has 7 nitrogen and oxygen atoms in total. The number of benzene rings is 1. The number of imidazole rings is 1. The van der Waals surface area contributed by atoms with Crippen molar-refractivity contribution < 1.29 is 14.3 Å². The molecule has 1 aromatic heterocycles. The zero-order chi connectivity index (χ0) is 21.5. The van der Waals surface area contributed by atoms with Gasteiger partial charge >= 0.3 is 0 Å². The van der Waals surface area contributed by atoms with Gasteiger partial charge in [0, 0.05) is 57.8 Å². The maximum Gasteiger partial charge on any atom is 0.273 e. The zero-order valence-electron chi connectivity index (χ0n) is 18.3. The predicted molar refractivity (Wildman–Crippen MR) is 117 cm³/mol. The van der Waals surface area contributed by atoms with Gasteiger partial charge in [-0.2, -0.15) is 0 Å². The molecule has 7 heteroatoms. The largest absolute Gasteiger partial charge is 0.381 e. The summed E-state index contributed by atoms with van der Waals surface area (Å²) in [4.78, 5) is 35.1. The Kier molecular flexibility index (Phi) is 5.30. The molecule has 4 heterocycles. The lowest BCUT2D eigenvalue weighted by atomic mass is 9.97. The normalized spacial score (nSPS) is 23.4. The number of carbonyl (C=O) groups is 2. The van der Waals surface area contributed by atoms with Crippen LogP contribution in [0.25, 0.3) is 11.4 Å². The molecule has 1 aromatic carbocycles. The summed E-state index contributed by atoms with van der Waals surface area (Å²) in [5, 5.41) is 0. The maximum atomic E-state index is 13.5. The molecule has 3 aliphatic heterocycles. The fourth-order valence-corrected chi connectivity index (χ4v) is 5.37. The van der Waals surface area contributed by atoms with Crippen molar-refractivity contribution in [1.82, 2.24) is 19.4 Å². The molecule has 0 unspecified atom stereocenters. The molecule has 0 radical (unpaired) electrons. The second-order valence-electron chi connectivity index (χ2n) is 9.13. The first-order valence-corrected chi connectivity index (χ1v) is 11.3. The highest BCUT2D eigenvalue weighted by atomic mass is 16.5. The fourth-order valence-electron chi connectivity index (χ4n) is 5.37. The molecule has 2 saturated heterocycles. The number of fused-ring (bicyclic) bond motifs is 3. The minimum atomic E-state index is -0.0778. The van der Waals surface area contributed by atoms with Crippen LogP contribution in [0.2, 0.25) is 0 Å². The number of nitrogens with zero attached hydrogens (tertiary/aromatic N) is 4. The van der Waals surface area contributed by atoms with Gasteiger partial charge in [0.2, 0.25) is 5.91 Å². The van der Waals surface area contributed by atoms with Crippen molar-refractivity contribution >= 4 is 11.8 Å². The number of hydrogen-bond acceptors (Lipinski definition) is 4. The van der Waals surface area contributed by atoms with Crippen molar-refractivity contribution in [3.8, 4) is 11.4 Å². The van der Waals surface area contributed by atoms with Crippen LogP contribution < -0.4 is 0 Å². The molecule has 0 N–H and O–H groups in total. The van der Waals surface area contributed by atoms with Gasteiger partial charge in [0.15, 0.2) is 0 Å². The van der Waals surface area contributed by atoms with E-state index in [1.807, 2.05) is 30.3 Å². The van der Waals surface area contributed by atoms with Crippen LogP contribution in [0.4, 0.5) is 0 Å². The average Bonchev–Trinajstić information content (AvgIpc) is 3.29. The molecule has 2 fully saturated rings. The van der Waals surface area contributed by atoms with Gasteiger partial charge in [-0.1, -0.05) is 30.3 Å². The quantitative estimate of drug-likeness (QED) is 0.763. The molecule has 31 heavy (non-hydrogen) atoms. The molecule has 0 spiro atoms. The van der Waals surface area contributed by atoms with Crippen molar-refractivity contribution in [2.45, 2.75) is 50.7 Å². The number of hydrogen-bond donors (Lipinski definition) is 0. The molecule has 5 rings (SSSR count). The number of amides is 2. The highest BCUT2D eigenvalue weighted by Gasteiger charge is 2.44. The summed E-state index contributed by atoms with van der Waals surface area (Å²) in [5.74, 6) is 1.08. The molecule has 0 saturated carbocycles. The van der Waals surface area contributed by atoms with Crippen molar-refractivity contribution in [2.24, 2.45) is 5.92 Å². The lowest BCUT2D eigenvalue weighted by molar-refractivity contribution is -0.141. The van der Waals surface area contributed by atoms with Gasteiger partial charge in [-0.25, -0.2) is 4.98 Å². The minimum Gasteiger partial charge on any atom is -0.381 e. The van der Waals surface area contributed by atoms with Crippen LogP contribution in [0.3, 0.4) is 0 Å². The van der Waals surface area contributed by atoms with Crippen LogP contribution in [0.1, 0.15) is 41.9 Å². The Balaban J connectivity index is 1.54. The van der Waals surface area contributed by atoms with Crippen molar-refractivity contribution in [3.63, 3.8) is 0 Å². The smallest absolute Gasteiger partial charge is 0.273 e. The molecule has 3 aliphatic rings. The lowest BCUT2D eigenvalue weighted by Gasteiger charge is -2.33. The summed E-state index contributed by atoms with van der Waals surface area (Å²) in [6.07, 6.45) is 4.29. The second-order valence-corrected chi connectivity index (χ2v) is 9.13. The van der Waals surface area contributed by atoms with Gasteiger partial charge in [0.05, 0.1) is 11.7 Å². The molecule has 2 atom stereocenters. The predicted octanol–water partition coefficient (Wildman–Crippen LogP) is 2.59. The van der Waals surface area contributed by atoms with Crippen LogP contribution in [0.15, 0.2) is 30.3 Å². The summed E-state index contributed by atoms with van der Waals surface area (Å²) in [5.41, 5.74) is 2.49. The Morgan fingerprint density at radius 1 is 1.03 bits per heavy atom. The van der Waals surface area contributed by atoms with E-state index < -0.39 is 0 Å². The first kappa shape index (κ1) is 20.2. The van der Waals surface area contributed by atoms with Crippen LogP contribution in [-0.2, 0) is 22.5 Å². The second kappa shape index (κ2) is 8.11. The maximum absolute atomic E-state index is 13.5. The van der Waals surface area contributed by atoms with E-state index in [0.717, 1.165) is 42.8 Å². The van der Waals surface area contributed by atoms with Crippen molar-refractivity contribution in [3.05, 3.63) is 41.7 Å². The number of aromatic nitrogens is 2. The van der Waals surface area contributed by atoms with Gasteiger partial charge in [-0.3, -0.25) is 9.59 Å². The first-order chi connectivity index (χ1) is 15.0. The third-order valence-corrected chi connectivity index (χ3v) is 6.98. The minimum absolute atomic E-state index is 0.0592. The van der Waals surface area contributed by atoms with Crippen molar-refractivity contribution in [2.75, 3.05) is 27.3 Å². The Hall–Kier alpha value is -2.67. The first-order valence-electron chi connectivity index (χ1n) is 11.3. The molecular formula is C24H30N4O3. The monoisotopic (exact) mass is 422 g/mol. The standard InChI is InChI=1S/C24H30N4O3/c1-26(2)24(30)21-20-14-18-8-9-19(28(18)23(29)17-10-12-31-13-11-17)15-27(20)22(25-21)16-6-4-3-5-7-16/h3-7,17-19H,8-15H2,1-2H3/t18-,19+/m0/s1. The molecule has 2 amide bonds. The van der Waals surface area contributed by atoms with Gasteiger partial charge < -0.3 is 19.1 Å². The van der Waals surface area contributed by atoms with E-state index in [-0.39, 0.29) is 29.8 Å².